The normalized spacial score (nSPS) is 23.8. The Labute approximate surface area is 164 Å². The van der Waals surface area contributed by atoms with Gasteiger partial charge in [-0.25, -0.2) is 0 Å². The van der Waals surface area contributed by atoms with Crippen molar-refractivity contribution in [1.82, 2.24) is 0 Å². The van der Waals surface area contributed by atoms with Crippen LogP contribution in [0.4, 0.5) is 0 Å². The SMILES string of the molecule is COc1cccc2c(O)c3c(cc12)C(=O)C1=C(C[C@@](O)(C(=O)CO)C[C@@H]1O)C3=O. The van der Waals surface area contributed by atoms with E-state index in [0.717, 1.165) is 0 Å². The molecule has 0 amide bonds. The van der Waals surface area contributed by atoms with Gasteiger partial charge in [-0.2, -0.15) is 0 Å². The quantitative estimate of drug-likeness (QED) is 0.591. The molecule has 2 aromatic carbocycles. The molecule has 0 aliphatic heterocycles. The van der Waals surface area contributed by atoms with E-state index in [0.29, 0.717) is 16.5 Å². The van der Waals surface area contributed by atoms with E-state index in [-0.39, 0.29) is 22.3 Å². The molecule has 4 rings (SSSR count). The zero-order chi connectivity index (χ0) is 21.1. The number of benzene rings is 2. The van der Waals surface area contributed by atoms with Crippen molar-refractivity contribution in [3.8, 4) is 11.5 Å². The molecule has 4 N–H and O–H groups in total. The van der Waals surface area contributed by atoms with Crippen LogP contribution >= 0.6 is 0 Å². The van der Waals surface area contributed by atoms with E-state index >= 15 is 0 Å². The summed E-state index contributed by atoms with van der Waals surface area (Å²) in [6, 6.07) is 6.26. The Bertz CT molecular complexity index is 1130. The smallest absolute Gasteiger partial charge is 0.194 e. The Morgan fingerprint density at radius 2 is 1.97 bits per heavy atom. The van der Waals surface area contributed by atoms with E-state index in [2.05, 4.69) is 0 Å². The number of phenols is 1. The van der Waals surface area contributed by atoms with E-state index in [9.17, 15) is 29.7 Å². The van der Waals surface area contributed by atoms with Gasteiger partial charge in [0.25, 0.3) is 0 Å². The number of hydrogen-bond acceptors (Lipinski definition) is 8. The number of fused-ring (bicyclic) bond motifs is 2. The molecule has 0 bridgehead atoms. The van der Waals surface area contributed by atoms with Gasteiger partial charge in [-0.3, -0.25) is 14.4 Å². The van der Waals surface area contributed by atoms with Crippen LogP contribution in [0.25, 0.3) is 10.8 Å². The van der Waals surface area contributed by atoms with Crippen LogP contribution in [0.15, 0.2) is 35.4 Å². The van der Waals surface area contributed by atoms with Crippen LogP contribution in [0.2, 0.25) is 0 Å². The van der Waals surface area contributed by atoms with Crippen molar-refractivity contribution in [2.75, 3.05) is 13.7 Å². The van der Waals surface area contributed by atoms with Crippen molar-refractivity contribution < 1.29 is 39.5 Å². The van der Waals surface area contributed by atoms with Gasteiger partial charge in [-0.15, -0.1) is 0 Å². The number of hydrogen-bond donors (Lipinski definition) is 4. The highest BCUT2D eigenvalue weighted by atomic mass is 16.5. The molecule has 0 aromatic heterocycles. The molecule has 29 heavy (non-hydrogen) atoms. The second kappa shape index (κ2) is 6.48. The minimum absolute atomic E-state index is 0.0822. The molecule has 8 heteroatoms. The number of methoxy groups -OCH3 is 1. The van der Waals surface area contributed by atoms with Gasteiger partial charge >= 0.3 is 0 Å². The second-order valence-corrected chi connectivity index (χ2v) is 7.26. The van der Waals surface area contributed by atoms with Gasteiger partial charge in [0.2, 0.25) is 0 Å². The third-order valence-corrected chi connectivity index (χ3v) is 5.65. The van der Waals surface area contributed by atoms with Crippen molar-refractivity contribution in [3.63, 3.8) is 0 Å². The maximum Gasteiger partial charge on any atom is 0.194 e. The number of phenolic OH excluding ortho intramolecular Hbond substituents is 1. The van der Waals surface area contributed by atoms with Gasteiger partial charge in [0.1, 0.15) is 23.7 Å². The minimum Gasteiger partial charge on any atom is -0.506 e. The number of aliphatic hydroxyl groups is 3. The summed E-state index contributed by atoms with van der Waals surface area (Å²) in [7, 11) is 1.43. The summed E-state index contributed by atoms with van der Waals surface area (Å²) in [6.07, 6.45) is -2.61. The van der Waals surface area contributed by atoms with Gasteiger partial charge in [-0.1, -0.05) is 12.1 Å². The predicted octanol–water partition coefficient (Wildman–Crippen LogP) is 0.677. The highest BCUT2D eigenvalue weighted by Gasteiger charge is 2.49. The fraction of sp³-hybridized carbons (Fsp3) is 0.286. The number of carbonyl (C=O) groups excluding carboxylic acids is 3. The van der Waals surface area contributed by atoms with E-state index in [1.165, 1.54) is 13.2 Å². The van der Waals surface area contributed by atoms with Crippen molar-refractivity contribution in [2.24, 2.45) is 0 Å². The van der Waals surface area contributed by atoms with E-state index < -0.39 is 54.3 Å². The molecule has 0 spiro atoms. The second-order valence-electron chi connectivity index (χ2n) is 7.26. The molecule has 150 valence electrons. The Morgan fingerprint density at radius 3 is 2.62 bits per heavy atom. The number of carbonyl (C=O) groups is 3. The van der Waals surface area contributed by atoms with Crippen molar-refractivity contribution in [1.29, 1.82) is 0 Å². The third kappa shape index (κ3) is 2.61. The summed E-state index contributed by atoms with van der Waals surface area (Å²) >= 11 is 0. The molecule has 0 fully saturated rings. The van der Waals surface area contributed by atoms with E-state index in [1.807, 2.05) is 0 Å². The third-order valence-electron chi connectivity index (χ3n) is 5.65. The predicted molar refractivity (Wildman–Crippen MR) is 100 cm³/mol. The number of aliphatic hydroxyl groups excluding tert-OH is 2. The lowest BCUT2D eigenvalue weighted by Crippen LogP contribution is -2.50. The average Bonchev–Trinajstić information content (AvgIpc) is 2.70. The maximum absolute atomic E-state index is 13.2. The van der Waals surface area contributed by atoms with Crippen LogP contribution < -0.4 is 4.74 Å². The van der Waals surface area contributed by atoms with Crippen LogP contribution in [0.1, 0.15) is 33.6 Å². The maximum atomic E-state index is 13.2. The number of ether oxygens (including phenoxy) is 1. The molecule has 0 saturated heterocycles. The first-order valence-corrected chi connectivity index (χ1v) is 8.93. The molecule has 2 aliphatic rings. The van der Waals surface area contributed by atoms with Crippen LogP contribution in [-0.2, 0) is 4.79 Å². The minimum atomic E-state index is -2.17. The number of Topliss-reactive ketones (excluding diaryl/α,β-unsaturated/α-hetero) is 3. The summed E-state index contributed by atoms with van der Waals surface area (Å²) in [5, 5.41) is 41.6. The molecule has 8 nitrogen and oxygen atoms in total. The van der Waals surface area contributed by atoms with Gasteiger partial charge < -0.3 is 25.2 Å². The highest BCUT2D eigenvalue weighted by Crippen LogP contribution is 2.45. The van der Waals surface area contributed by atoms with Gasteiger partial charge in [-0.05, 0) is 12.1 Å². The van der Waals surface area contributed by atoms with Gasteiger partial charge in [0.15, 0.2) is 17.3 Å². The summed E-state index contributed by atoms with van der Waals surface area (Å²) in [5.74, 6) is -2.39. The molecular formula is C21H18O8. The largest absolute Gasteiger partial charge is 0.506 e. The zero-order valence-electron chi connectivity index (χ0n) is 15.4. The molecular weight excluding hydrogens is 380 g/mol. The molecule has 0 unspecified atom stereocenters. The monoisotopic (exact) mass is 398 g/mol. The van der Waals surface area contributed by atoms with Gasteiger partial charge in [0, 0.05) is 40.3 Å². The van der Waals surface area contributed by atoms with Crippen LogP contribution in [0.5, 0.6) is 11.5 Å². The average molecular weight is 398 g/mol. The Kier molecular flexibility index (Phi) is 4.30. The van der Waals surface area contributed by atoms with E-state index in [1.54, 1.807) is 18.2 Å². The van der Waals surface area contributed by atoms with Crippen molar-refractivity contribution >= 4 is 28.1 Å². The molecule has 2 aromatic rings. The van der Waals surface area contributed by atoms with Crippen molar-refractivity contribution in [3.05, 3.63) is 46.5 Å². The summed E-state index contributed by atoms with van der Waals surface area (Å²) < 4.78 is 5.27. The topological polar surface area (TPSA) is 141 Å². The Hall–Kier alpha value is -3.07. The first-order valence-electron chi connectivity index (χ1n) is 8.93. The lowest BCUT2D eigenvalue weighted by Gasteiger charge is -2.37. The first-order chi connectivity index (χ1) is 13.7. The van der Waals surface area contributed by atoms with Crippen molar-refractivity contribution in [2.45, 2.75) is 24.5 Å². The standard InChI is InChI=1S/C21H18O8/c1-29-14-4-2-3-9-10(14)5-11-17(18(9)25)20(27)12-6-21(28,15(24)8-22)7-13(23)16(12)19(11)26/h2-5,13,22-23,25,28H,6-8H2,1H3/t13-,21-/m0/s1. The number of rotatable bonds is 3. The summed E-state index contributed by atoms with van der Waals surface area (Å²) in [4.78, 5) is 38.2. The summed E-state index contributed by atoms with van der Waals surface area (Å²) in [5.41, 5.74) is -2.94. The molecule has 2 aliphatic carbocycles. The summed E-state index contributed by atoms with van der Waals surface area (Å²) in [6.45, 7) is -0.972. The molecule has 0 radical (unpaired) electrons. The lowest BCUT2D eigenvalue weighted by molar-refractivity contribution is -0.143. The highest BCUT2D eigenvalue weighted by molar-refractivity contribution is 6.30. The fourth-order valence-corrected chi connectivity index (χ4v) is 4.19. The molecule has 0 heterocycles. The van der Waals surface area contributed by atoms with Crippen LogP contribution in [-0.4, -0.2) is 63.2 Å². The number of ketones is 3. The van der Waals surface area contributed by atoms with Gasteiger partial charge in [0.05, 0.1) is 18.8 Å². The lowest BCUT2D eigenvalue weighted by atomic mass is 9.69. The molecule has 2 atom stereocenters. The molecule has 0 saturated carbocycles. The van der Waals surface area contributed by atoms with Crippen LogP contribution in [0, 0.1) is 0 Å². The fourth-order valence-electron chi connectivity index (χ4n) is 4.19. The first kappa shape index (κ1) is 19.3. The Balaban J connectivity index is 1.96. The van der Waals surface area contributed by atoms with Crippen LogP contribution in [0.3, 0.4) is 0 Å². The Morgan fingerprint density at radius 1 is 1.24 bits per heavy atom. The zero-order valence-corrected chi connectivity index (χ0v) is 15.4. The number of aromatic hydroxyl groups is 1. The van der Waals surface area contributed by atoms with E-state index in [4.69, 9.17) is 9.84 Å².